The van der Waals surface area contributed by atoms with E-state index in [4.69, 9.17) is 4.74 Å². The molecule has 0 N–H and O–H groups in total. The molecule has 0 aliphatic rings. The fourth-order valence-electron chi connectivity index (χ4n) is 2.59. The molecule has 1 nitrogen and oxygen atoms in total. The van der Waals surface area contributed by atoms with Crippen molar-refractivity contribution in [3.63, 3.8) is 0 Å². The zero-order chi connectivity index (χ0) is 15.1. The maximum absolute atomic E-state index is 5.75. The monoisotopic (exact) mass is 272 g/mol. The summed E-state index contributed by atoms with van der Waals surface area (Å²) in [7, 11) is 0. The third-order valence-electron chi connectivity index (χ3n) is 3.75. The van der Waals surface area contributed by atoms with Crippen LogP contribution < -0.4 is 4.74 Å². The van der Waals surface area contributed by atoms with Crippen molar-refractivity contribution in [2.75, 3.05) is 6.61 Å². The minimum absolute atomic E-state index is 0.384. The van der Waals surface area contributed by atoms with Crippen molar-refractivity contribution in [1.82, 2.24) is 0 Å². The first-order chi connectivity index (χ1) is 9.51. The second-order valence-electron chi connectivity index (χ2n) is 5.57. The van der Waals surface area contributed by atoms with Crippen LogP contribution in [0.25, 0.3) is 0 Å². The molecule has 0 fully saturated rings. The van der Waals surface area contributed by atoms with Crippen LogP contribution in [0.5, 0.6) is 5.75 Å². The topological polar surface area (TPSA) is 9.23 Å². The summed E-state index contributed by atoms with van der Waals surface area (Å²) in [6.07, 6.45) is 1.97. The predicted octanol–water partition coefficient (Wildman–Crippen LogP) is 5.25. The van der Waals surface area contributed by atoms with Crippen molar-refractivity contribution >= 4 is 0 Å². The number of hydrogen-bond acceptors (Lipinski definition) is 1. The van der Waals surface area contributed by atoms with E-state index >= 15 is 0 Å². The fourth-order valence-corrected chi connectivity index (χ4v) is 2.59. The van der Waals surface area contributed by atoms with Gasteiger partial charge in [0.1, 0.15) is 5.75 Å². The Morgan fingerprint density at radius 2 is 1.70 bits per heavy atom. The van der Waals surface area contributed by atoms with Crippen molar-refractivity contribution in [1.29, 1.82) is 0 Å². The lowest BCUT2D eigenvalue weighted by molar-refractivity contribution is 0.317. The second kappa shape index (κ2) is 8.00. The van der Waals surface area contributed by atoms with Crippen LogP contribution in [0.15, 0.2) is 12.1 Å². The van der Waals surface area contributed by atoms with Gasteiger partial charge in [-0.15, -0.1) is 5.92 Å². The van der Waals surface area contributed by atoms with Gasteiger partial charge in [-0.3, -0.25) is 0 Å². The average Bonchev–Trinajstić information content (AvgIpc) is 2.41. The molecule has 2 unspecified atom stereocenters. The molecule has 0 bridgehead atoms. The van der Waals surface area contributed by atoms with E-state index in [9.17, 15) is 0 Å². The predicted molar refractivity (Wildman–Crippen MR) is 87.3 cm³/mol. The normalized spacial score (nSPS) is 13.3. The van der Waals surface area contributed by atoms with Crippen molar-refractivity contribution in [3.05, 3.63) is 28.8 Å². The molecular formula is C19H28O. The van der Waals surface area contributed by atoms with Crippen molar-refractivity contribution in [2.24, 2.45) is 5.92 Å². The van der Waals surface area contributed by atoms with Gasteiger partial charge in [0.05, 0.1) is 6.61 Å². The molecule has 0 aromatic heterocycles. The summed E-state index contributed by atoms with van der Waals surface area (Å²) in [6, 6.07) is 4.32. The Kier molecular flexibility index (Phi) is 6.65. The highest BCUT2D eigenvalue weighted by Crippen LogP contribution is 2.32. The van der Waals surface area contributed by atoms with Gasteiger partial charge in [-0.2, -0.15) is 0 Å². The molecule has 0 spiro atoms. The minimum Gasteiger partial charge on any atom is -0.494 e. The number of ether oxygens (including phenoxy) is 1. The van der Waals surface area contributed by atoms with E-state index in [1.54, 1.807) is 0 Å². The van der Waals surface area contributed by atoms with E-state index in [2.05, 4.69) is 65.5 Å². The quantitative estimate of drug-likeness (QED) is 0.666. The van der Waals surface area contributed by atoms with E-state index in [1.165, 1.54) is 16.7 Å². The molecule has 0 amide bonds. The van der Waals surface area contributed by atoms with Crippen LogP contribution in [0, 0.1) is 31.6 Å². The molecule has 1 aromatic carbocycles. The maximum atomic E-state index is 5.75. The van der Waals surface area contributed by atoms with Gasteiger partial charge in [0.15, 0.2) is 0 Å². The molecule has 0 heterocycles. The van der Waals surface area contributed by atoms with E-state index in [-0.39, 0.29) is 0 Å². The molecule has 110 valence electrons. The molecular weight excluding hydrogens is 244 g/mol. The van der Waals surface area contributed by atoms with E-state index in [1.807, 2.05) is 0 Å². The van der Waals surface area contributed by atoms with E-state index < -0.39 is 0 Å². The molecule has 1 aromatic rings. The lowest BCUT2D eigenvalue weighted by Crippen LogP contribution is -2.08. The van der Waals surface area contributed by atoms with Gasteiger partial charge < -0.3 is 4.74 Å². The molecule has 0 saturated heterocycles. The van der Waals surface area contributed by atoms with Crippen LogP contribution in [0.4, 0.5) is 0 Å². The second-order valence-corrected chi connectivity index (χ2v) is 5.57. The molecule has 0 saturated carbocycles. The summed E-state index contributed by atoms with van der Waals surface area (Å²) < 4.78 is 5.75. The summed E-state index contributed by atoms with van der Waals surface area (Å²) in [5, 5.41) is 0. The van der Waals surface area contributed by atoms with Crippen molar-refractivity contribution in [3.8, 4) is 17.6 Å². The molecule has 1 heteroatoms. The fraction of sp³-hybridized carbons (Fsp3) is 0.579. The molecule has 0 radical (unpaired) electrons. The van der Waals surface area contributed by atoms with Gasteiger partial charge in [-0.1, -0.05) is 33.6 Å². The van der Waals surface area contributed by atoms with Crippen LogP contribution in [-0.4, -0.2) is 6.61 Å². The van der Waals surface area contributed by atoms with E-state index in [0.29, 0.717) is 11.8 Å². The first-order valence-corrected chi connectivity index (χ1v) is 7.73. The van der Waals surface area contributed by atoms with Gasteiger partial charge in [0.25, 0.3) is 0 Å². The summed E-state index contributed by atoms with van der Waals surface area (Å²) in [6.45, 7) is 13.9. The average molecular weight is 272 g/mol. The Balaban J connectivity index is 3.00. The number of aryl methyl sites for hydroxylation is 2. The molecule has 20 heavy (non-hydrogen) atoms. The van der Waals surface area contributed by atoms with Gasteiger partial charge in [0.2, 0.25) is 0 Å². The number of rotatable bonds is 5. The van der Waals surface area contributed by atoms with Crippen LogP contribution >= 0.6 is 0 Å². The third kappa shape index (κ3) is 4.30. The SMILES string of the molecule is CCC#CC(C)C(C)c1c(C)cc(OCCC)cc1C. The highest BCUT2D eigenvalue weighted by Gasteiger charge is 2.17. The standard InChI is InChI=1S/C19H28O/c1-7-9-10-14(3)17(6)19-15(4)12-18(13-16(19)5)20-11-8-2/h12-14,17H,7-8,11H2,1-6H3. The van der Waals surface area contributed by atoms with Crippen LogP contribution in [0.3, 0.4) is 0 Å². The lowest BCUT2D eigenvalue weighted by Gasteiger charge is -2.21. The Bertz CT molecular complexity index is 467. The Morgan fingerprint density at radius 3 is 2.20 bits per heavy atom. The Hall–Kier alpha value is -1.42. The number of benzene rings is 1. The van der Waals surface area contributed by atoms with Gasteiger partial charge in [-0.25, -0.2) is 0 Å². The van der Waals surface area contributed by atoms with Crippen molar-refractivity contribution in [2.45, 2.75) is 60.3 Å². The minimum atomic E-state index is 0.384. The van der Waals surface area contributed by atoms with Gasteiger partial charge >= 0.3 is 0 Å². The first kappa shape index (κ1) is 16.6. The molecule has 0 aliphatic carbocycles. The zero-order valence-electron chi connectivity index (χ0n) is 13.8. The summed E-state index contributed by atoms with van der Waals surface area (Å²) in [4.78, 5) is 0. The van der Waals surface area contributed by atoms with Gasteiger partial charge in [-0.05, 0) is 55.0 Å². The molecule has 2 atom stereocenters. The first-order valence-electron chi connectivity index (χ1n) is 7.73. The van der Waals surface area contributed by atoms with E-state index in [0.717, 1.165) is 25.2 Å². The number of hydrogen-bond donors (Lipinski definition) is 0. The lowest BCUT2D eigenvalue weighted by atomic mass is 9.84. The largest absolute Gasteiger partial charge is 0.494 e. The van der Waals surface area contributed by atoms with Crippen molar-refractivity contribution < 1.29 is 4.74 Å². The van der Waals surface area contributed by atoms with Crippen LogP contribution in [-0.2, 0) is 0 Å². The highest BCUT2D eigenvalue weighted by atomic mass is 16.5. The summed E-state index contributed by atoms with van der Waals surface area (Å²) in [5.41, 5.74) is 4.05. The highest BCUT2D eigenvalue weighted by molar-refractivity contribution is 5.43. The molecule has 0 aliphatic heterocycles. The Labute approximate surface area is 124 Å². The summed E-state index contributed by atoms with van der Waals surface area (Å²) >= 11 is 0. The smallest absolute Gasteiger partial charge is 0.119 e. The Morgan fingerprint density at radius 1 is 1.10 bits per heavy atom. The maximum Gasteiger partial charge on any atom is 0.119 e. The van der Waals surface area contributed by atoms with Crippen LogP contribution in [0.2, 0.25) is 0 Å². The summed E-state index contributed by atoms with van der Waals surface area (Å²) in [5.74, 6) is 8.38. The molecule has 1 rings (SSSR count). The zero-order valence-corrected chi connectivity index (χ0v) is 13.8. The third-order valence-corrected chi connectivity index (χ3v) is 3.75. The van der Waals surface area contributed by atoms with Gasteiger partial charge in [0, 0.05) is 12.3 Å². The van der Waals surface area contributed by atoms with Crippen LogP contribution in [0.1, 0.15) is 63.1 Å².